The number of hydrogen-bond acceptors (Lipinski definition) is 4. The van der Waals surface area contributed by atoms with Crippen LogP contribution < -0.4 is 9.62 Å². The fourth-order valence-electron chi connectivity index (χ4n) is 4.47. The van der Waals surface area contributed by atoms with Gasteiger partial charge in [0, 0.05) is 24.5 Å². The quantitative estimate of drug-likeness (QED) is 0.242. The van der Waals surface area contributed by atoms with Gasteiger partial charge < -0.3 is 10.2 Å². The fraction of sp³-hybridized carbons (Fsp3) is 0.188. The first-order valence-electron chi connectivity index (χ1n) is 13.1. The predicted molar refractivity (Wildman–Crippen MR) is 165 cm³/mol. The third-order valence-corrected chi connectivity index (χ3v) is 9.03. The summed E-state index contributed by atoms with van der Waals surface area (Å²) in [6, 6.07) is 31.0. The zero-order valence-electron chi connectivity index (χ0n) is 22.9. The molecule has 0 aliphatic heterocycles. The highest BCUT2D eigenvalue weighted by atomic mass is 79.9. The van der Waals surface area contributed by atoms with Crippen LogP contribution in [-0.2, 0) is 32.6 Å². The maximum Gasteiger partial charge on any atom is 0.264 e. The molecule has 0 unspecified atom stereocenters. The molecule has 2 amide bonds. The van der Waals surface area contributed by atoms with E-state index in [1.807, 2.05) is 61.5 Å². The Balaban J connectivity index is 1.77. The number of anilines is 1. The van der Waals surface area contributed by atoms with Gasteiger partial charge in [0.1, 0.15) is 12.6 Å². The highest BCUT2D eigenvalue weighted by molar-refractivity contribution is 9.10. The summed E-state index contributed by atoms with van der Waals surface area (Å²) in [4.78, 5) is 29.0. The van der Waals surface area contributed by atoms with Crippen molar-refractivity contribution < 1.29 is 18.0 Å². The maximum atomic E-state index is 14.2. The van der Waals surface area contributed by atoms with Crippen molar-refractivity contribution in [2.75, 3.05) is 17.9 Å². The first kappa shape index (κ1) is 30.0. The summed E-state index contributed by atoms with van der Waals surface area (Å²) >= 11 is 3.39. The lowest BCUT2D eigenvalue weighted by Gasteiger charge is -2.33. The lowest BCUT2D eigenvalue weighted by molar-refractivity contribution is -0.139. The molecule has 0 radical (unpaired) electrons. The molecule has 0 fully saturated rings. The van der Waals surface area contributed by atoms with E-state index in [4.69, 9.17) is 0 Å². The van der Waals surface area contributed by atoms with E-state index in [0.29, 0.717) is 5.69 Å². The summed E-state index contributed by atoms with van der Waals surface area (Å²) in [5.41, 5.74) is 3.10. The van der Waals surface area contributed by atoms with E-state index in [9.17, 15) is 18.0 Å². The van der Waals surface area contributed by atoms with Crippen molar-refractivity contribution in [2.45, 2.75) is 30.8 Å². The largest absolute Gasteiger partial charge is 0.357 e. The maximum absolute atomic E-state index is 14.2. The Kier molecular flexibility index (Phi) is 9.96. The summed E-state index contributed by atoms with van der Waals surface area (Å²) < 4.78 is 29.6. The smallest absolute Gasteiger partial charge is 0.264 e. The van der Waals surface area contributed by atoms with Crippen LogP contribution in [0.4, 0.5) is 5.69 Å². The number of benzene rings is 4. The number of hydrogen-bond donors (Lipinski definition) is 1. The first-order chi connectivity index (χ1) is 19.7. The van der Waals surface area contributed by atoms with Crippen LogP contribution in [-0.4, -0.2) is 44.8 Å². The van der Waals surface area contributed by atoms with E-state index < -0.39 is 28.5 Å². The summed E-state index contributed by atoms with van der Waals surface area (Å²) in [5, 5.41) is 2.69. The van der Waals surface area contributed by atoms with Crippen molar-refractivity contribution >= 4 is 43.5 Å². The first-order valence-corrected chi connectivity index (χ1v) is 15.4. The number of likely N-dealkylation sites (N-methyl/N-ethyl adjacent to an activating group) is 1. The second-order valence-corrected chi connectivity index (χ2v) is 12.4. The standard InChI is InChI=1S/C32H32BrN3O4S/c1-24-13-15-26(16-14-24)22-35(30(32(38)34-2)21-25-9-5-3-6-10-25)31(37)23-36(28-19-17-27(33)18-20-28)41(39,40)29-11-7-4-8-12-29/h3-20,30H,21-23H2,1-2H3,(H,34,38)/t30-/m1/s1. The van der Waals surface area contributed by atoms with Crippen LogP contribution in [0.5, 0.6) is 0 Å². The average Bonchev–Trinajstić information content (AvgIpc) is 2.99. The Morgan fingerprint density at radius 2 is 1.39 bits per heavy atom. The van der Waals surface area contributed by atoms with Crippen molar-refractivity contribution in [2.24, 2.45) is 0 Å². The third kappa shape index (κ3) is 7.62. The number of carbonyl (C=O) groups excluding carboxylic acids is 2. The van der Waals surface area contributed by atoms with Gasteiger partial charge in [0.25, 0.3) is 10.0 Å². The van der Waals surface area contributed by atoms with E-state index in [-0.39, 0.29) is 23.8 Å². The fourth-order valence-corrected chi connectivity index (χ4v) is 6.17. The van der Waals surface area contributed by atoms with Gasteiger partial charge in [0.15, 0.2) is 0 Å². The van der Waals surface area contributed by atoms with Crippen molar-refractivity contribution in [1.29, 1.82) is 0 Å². The van der Waals surface area contributed by atoms with E-state index in [1.54, 1.807) is 42.5 Å². The predicted octanol–water partition coefficient (Wildman–Crippen LogP) is 5.34. The van der Waals surface area contributed by atoms with Crippen molar-refractivity contribution in [3.05, 3.63) is 130 Å². The number of nitrogens with zero attached hydrogens (tertiary/aromatic N) is 2. The van der Waals surface area contributed by atoms with Crippen LogP contribution in [0.15, 0.2) is 119 Å². The van der Waals surface area contributed by atoms with Gasteiger partial charge in [-0.15, -0.1) is 0 Å². The molecule has 0 aliphatic carbocycles. The molecule has 0 spiro atoms. The topological polar surface area (TPSA) is 86.8 Å². The molecular formula is C32H32BrN3O4S. The van der Waals surface area contributed by atoms with Crippen LogP contribution in [0, 0.1) is 6.92 Å². The molecule has 7 nitrogen and oxygen atoms in total. The Hall–Kier alpha value is -3.95. The second kappa shape index (κ2) is 13.6. The summed E-state index contributed by atoms with van der Waals surface area (Å²) in [6.45, 7) is 1.61. The minimum atomic E-state index is -4.11. The van der Waals surface area contributed by atoms with Gasteiger partial charge >= 0.3 is 0 Å². The number of sulfonamides is 1. The van der Waals surface area contributed by atoms with E-state index in [2.05, 4.69) is 21.2 Å². The summed E-state index contributed by atoms with van der Waals surface area (Å²) in [5.74, 6) is -0.840. The molecular weight excluding hydrogens is 602 g/mol. The van der Waals surface area contributed by atoms with Crippen molar-refractivity contribution in [3.63, 3.8) is 0 Å². The molecule has 0 bridgehead atoms. The summed E-state index contributed by atoms with van der Waals surface area (Å²) in [6.07, 6.45) is 0.266. The second-order valence-electron chi connectivity index (χ2n) is 9.63. The average molecular weight is 635 g/mol. The van der Waals surface area contributed by atoms with Crippen molar-refractivity contribution in [1.82, 2.24) is 10.2 Å². The molecule has 0 aromatic heterocycles. The van der Waals surface area contributed by atoms with Gasteiger partial charge in [-0.2, -0.15) is 0 Å². The minimum Gasteiger partial charge on any atom is -0.357 e. The number of halogens is 1. The Bertz CT molecular complexity index is 1560. The molecule has 0 heterocycles. The van der Waals surface area contributed by atoms with Gasteiger partial charge in [0.05, 0.1) is 10.6 Å². The number of carbonyl (C=O) groups is 2. The molecule has 9 heteroatoms. The molecule has 41 heavy (non-hydrogen) atoms. The molecule has 0 saturated carbocycles. The molecule has 4 rings (SSSR count). The number of nitrogens with one attached hydrogen (secondary N) is 1. The van der Waals surface area contributed by atoms with Gasteiger partial charge in [-0.1, -0.05) is 94.3 Å². The van der Waals surface area contributed by atoms with Gasteiger partial charge in [-0.3, -0.25) is 13.9 Å². The Labute approximate surface area is 250 Å². The molecule has 4 aromatic carbocycles. The Morgan fingerprint density at radius 3 is 1.98 bits per heavy atom. The molecule has 0 saturated heterocycles. The molecule has 4 aromatic rings. The van der Waals surface area contributed by atoms with Crippen molar-refractivity contribution in [3.8, 4) is 0 Å². The van der Waals surface area contributed by atoms with Crippen LogP contribution in [0.2, 0.25) is 0 Å². The zero-order chi connectivity index (χ0) is 29.4. The lowest BCUT2D eigenvalue weighted by Crippen LogP contribution is -2.53. The number of rotatable bonds is 11. The highest BCUT2D eigenvalue weighted by Gasteiger charge is 2.34. The van der Waals surface area contributed by atoms with E-state index in [1.165, 1.54) is 24.1 Å². The lowest BCUT2D eigenvalue weighted by atomic mass is 10.0. The number of amides is 2. The van der Waals surface area contributed by atoms with E-state index >= 15 is 0 Å². The summed E-state index contributed by atoms with van der Waals surface area (Å²) in [7, 11) is -2.58. The van der Waals surface area contributed by atoms with Crippen LogP contribution in [0.3, 0.4) is 0 Å². The van der Waals surface area contributed by atoms with Gasteiger partial charge in [0.2, 0.25) is 11.8 Å². The SMILES string of the molecule is CNC(=O)[C@@H](Cc1ccccc1)N(Cc1ccc(C)cc1)C(=O)CN(c1ccc(Br)cc1)S(=O)(=O)c1ccccc1. The monoisotopic (exact) mass is 633 g/mol. The Morgan fingerprint density at radius 1 is 0.805 bits per heavy atom. The van der Waals surface area contributed by atoms with Crippen LogP contribution in [0.25, 0.3) is 0 Å². The van der Waals surface area contributed by atoms with E-state index in [0.717, 1.165) is 25.5 Å². The van der Waals surface area contributed by atoms with Gasteiger partial charge in [-0.25, -0.2) is 8.42 Å². The molecule has 212 valence electrons. The highest BCUT2D eigenvalue weighted by Crippen LogP contribution is 2.26. The molecule has 1 atom stereocenters. The third-order valence-electron chi connectivity index (χ3n) is 6.72. The molecule has 1 N–H and O–H groups in total. The number of aryl methyl sites for hydroxylation is 1. The normalized spacial score (nSPS) is 11.9. The zero-order valence-corrected chi connectivity index (χ0v) is 25.3. The van der Waals surface area contributed by atoms with Crippen LogP contribution >= 0.6 is 15.9 Å². The van der Waals surface area contributed by atoms with Gasteiger partial charge in [-0.05, 0) is 54.4 Å². The molecule has 0 aliphatic rings. The minimum absolute atomic E-state index is 0.0629. The van der Waals surface area contributed by atoms with Crippen LogP contribution in [0.1, 0.15) is 16.7 Å².